The van der Waals surface area contributed by atoms with Crippen LogP contribution in [0.25, 0.3) is 0 Å². The van der Waals surface area contributed by atoms with E-state index in [9.17, 15) is 9.59 Å². The number of carboxylic acid groups (broad SMARTS) is 2. The summed E-state index contributed by atoms with van der Waals surface area (Å²) in [5.41, 5.74) is 0. The van der Waals surface area contributed by atoms with E-state index < -0.39 is 18.4 Å². The average molecular weight is 194 g/mol. The van der Waals surface area contributed by atoms with E-state index in [1.54, 1.807) is 0 Å². The van der Waals surface area contributed by atoms with Crippen molar-refractivity contribution in [3.8, 4) is 0 Å². The summed E-state index contributed by atoms with van der Waals surface area (Å²) in [5.74, 6) is -2.62. The zero-order valence-corrected chi connectivity index (χ0v) is 8.27. The predicted octanol–water partition coefficient (Wildman–Crippen LogP) is 1.21. The summed E-state index contributed by atoms with van der Waals surface area (Å²) < 4.78 is 0. The Morgan fingerprint density at radius 3 is 1.67 bits per heavy atom. The van der Waals surface area contributed by atoms with E-state index >= 15 is 0 Å². The second kappa shape index (κ2) is 10.4. The molecule has 0 aliphatic carbocycles. The van der Waals surface area contributed by atoms with Gasteiger partial charge in [-0.3, -0.25) is 9.59 Å². The van der Waals surface area contributed by atoms with E-state index in [4.69, 9.17) is 10.2 Å². The molecule has 0 rings (SSSR count). The smallest absolute Gasteiger partial charge is 0.314 e. The molecule has 0 bridgehead atoms. The van der Waals surface area contributed by atoms with Gasteiger partial charge in [-0.1, -0.05) is 19.8 Å². The Balaban J connectivity index is 0. The van der Waals surface area contributed by atoms with Crippen molar-refractivity contribution in [2.75, 3.05) is 6.16 Å². The fourth-order valence-electron chi connectivity index (χ4n) is 0.333. The minimum Gasteiger partial charge on any atom is -0.481 e. The van der Waals surface area contributed by atoms with Gasteiger partial charge in [0.15, 0.2) is 0 Å². The monoisotopic (exact) mass is 194 g/mol. The van der Waals surface area contributed by atoms with Crippen molar-refractivity contribution in [3.63, 3.8) is 0 Å². The van der Waals surface area contributed by atoms with E-state index in [1.165, 1.54) is 19.0 Å². The standard InChI is InChI=1S/C4H11P.C3H4O4/c1-2-3-4-5;4-2(5)1-3(6)7/h2-5H2,1H3;1H2,(H,4,5)(H,6,7). The van der Waals surface area contributed by atoms with E-state index in [1.807, 2.05) is 0 Å². The van der Waals surface area contributed by atoms with E-state index in [2.05, 4.69) is 16.2 Å². The van der Waals surface area contributed by atoms with Crippen LogP contribution in [0.3, 0.4) is 0 Å². The minimum absolute atomic E-state index is 0.806. The molecule has 0 saturated carbocycles. The third kappa shape index (κ3) is 22.8. The van der Waals surface area contributed by atoms with Crippen LogP contribution in [0.5, 0.6) is 0 Å². The van der Waals surface area contributed by atoms with Crippen molar-refractivity contribution in [3.05, 3.63) is 0 Å². The van der Waals surface area contributed by atoms with Crippen molar-refractivity contribution in [2.24, 2.45) is 0 Å². The molecule has 0 radical (unpaired) electrons. The van der Waals surface area contributed by atoms with Gasteiger partial charge in [0.1, 0.15) is 6.42 Å². The Labute approximate surface area is 74.2 Å². The van der Waals surface area contributed by atoms with Crippen LogP contribution in [0.2, 0.25) is 0 Å². The molecule has 0 fully saturated rings. The van der Waals surface area contributed by atoms with Gasteiger partial charge < -0.3 is 10.2 Å². The molecule has 12 heavy (non-hydrogen) atoms. The highest BCUT2D eigenvalue weighted by Crippen LogP contribution is 1.89. The van der Waals surface area contributed by atoms with Crippen molar-refractivity contribution >= 4 is 21.2 Å². The first kappa shape index (κ1) is 13.9. The van der Waals surface area contributed by atoms with Crippen molar-refractivity contribution in [1.29, 1.82) is 0 Å². The van der Waals surface area contributed by atoms with Crippen molar-refractivity contribution < 1.29 is 19.8 Å². The lowest BCUT2D eigenvalue weighted by Gasteiger charge is -1.80. The second-order valence-corrected chi connectivity index (χ2v) is 2.68. The molecular weight excluding hydrogens is 179 g/mol. The van der Waals surface area contributed by atoms with Gasteiger partial charge in [0.2, 0.25) is 0 Å². The Hall–Kier alpha value is -0.630. The summed E-state index contributed by atoms with van der Waals surface area (Å²) in [6, 6.07) is 0. The lowest BCUT2D eigenvalue weighted by Crippen LogP contribution is -2.03. The number of hydrogen-bond donors (Lipinski definition) is 2. The van der Waals surface area contributed by atoms with Gasteiger partial charge >= 0.3 is 11.9 Å². The number of carbonyl (C=O) groups is 2. The Kier molecular flexibility index (Phi) is 12.0. The van der Waals surface area contributed by atoms with Crippen LogP contribution in [-0.2, 0) is 9.59 Å². The van der Waals surface area contributed by atoms with Gasteiger partial charge in [-0.2, -0.15) is 0 Å². The first-order valence-electron chi connectivity index (χ1n) is 3.68. The molecule has 0 heterocycles. The molecule has 0 aliphatic rings. The molecule has 5 heteroatoms. The van der Waals surface area contributed by atoms with Crippen LogP contribution in [0.1, 0.15) is 26.2 Å². The lowest BCUT2D eigenvalue weighted by atomic mass is 10.4. The third-order valence-electron chi connectivity index (χ3n) is 0.860. The van der Waals surface area contributed by atoms with Gasteiger partial charge in [0.25, 0.3) is 0 Å². The summed E-state index contributed by atoms with van der Waals surface area (Å²) in [5, 5.41) is 15.4. The quantitative estimate of drug-likeness (QED) is 0.521. The maximum absolute atomic E-state index is 9.43. The molecule has 0 aromatic heterocycles. The van der Waals surface area contributed by atoms with Crippen LogP contribution in [0, 0.1) is 0 Å². The van der Waals surface area contributed by atoms with Crippen molar-refractivity contribution in [1.82, 2.24) is 0 Å². The molecule has 0 aromatic carbocycles. The summed E-state index contributed by atoms with van der Waals surface area (Å²) in [6.07, 6.45) is 3.13. The van der Waals surface area contributed by atoms with Crippen LogP contribution in [0.15, 0.2) is 0 Å². The molecule has 0 amide bonds. The summed E-state index contributed by atoms with van der Waals surface area (Å²) in [7, 11) is 2.70. The van der Waals surface area contributed by atoms with Gasteiger partial charge in [-0.25, -0.2) is 0 Å². The number of unbranched alkanes of at least 4 members (excludes halogenated alkanes) is 1. The summed E-state index contributed by atoms with van der Waals surface area (Å²) >= 11 is 0. The first-order chi connectivity index (χ1) is 5.54. The number of hydrogen-bond acceptors (Lipinski definition) is 2. The second-order valence-electron chi connectivity index (χ2n) is 2.11. The average Bonchev–Trinajstić information content (AvgIpc) is 1.87. The molecule has 4 nitrogen and oxygen atoms in total. The highest BCUT2D eigenvalue weighted by Gasteiger charge is 2.01. The number of aliphatic carboxylic acids is 2. The molecule has 0 spiro atoms. The van der Waals surface area contributed by atoms with Gasteiger partial charge in [0, 0.05) is 0 Å². The van der Waals surface area contributed by atoms with Gasteiger partial charge in [-0.05, 0) is 6.16 Å². The van der Waals surface area contributed by atoms with E-state index in [0.717, 1.165) is 0 Å². The molecule has 0 saturated heterocycles. The van der Waals surface area contributed by atoms with Crippen LogP contribution < -0.4 is 0 Å². The molecule has 0 aromatic rings. The lowest BCUT2D eigenvalue weighted by molar-refractivity contribution is -0.147. The molecular formula is C7H15O4P. The summed E-state index contributed by atoms with van der Waals surface area (Å²) in [4.78, 5) is 18.9. The molecule has 0 aliphatic heterocycles. The molecule has 1 atom stereocenters. The number of carboxylic acids is 2. The van der Waals surface area contributed by atoms with Crippen LogP contribution in [0.4, 0.5) is 0 Å². The Morgan fingerprint density at radius 1 is 1.25 bits per heavy atom. The zero-order valence-electron chi connectivity index (χ0n) is 7.12. The maximum atomic E-state index is 9.43. The molecule has 2 N–H and O–H groups in total. The van der Waals surface area contributed by atoms with Gasteiger partial charge in [0.05, 0.1) is 0 Å². The predicted molar refractivity (Wildman–Crippen MR) is 49.4 cm³/mol. The highest BCUT2D eigenvalue weighted by atomic mass is 31.0. The summed E-state index contributed by atoms with van der Waals surface area (Å²) in [6.45, 7) is 2.20. The van der Waals surface area contributed by atoms with Crippen LogP contribution >= 0.6 is 9.24 Å². The SMILES string of the molecule is CCCCP.O=C(O)CC(=O)O. The van der Waals surface area contributed by atoms with E-state index in [-0.39, 0.29) is 0 Å². The maximum Gasteiger partial charge on any atom is 0.314 e. The fourth-order valence-corrected chi connectivity index (χ4v) is 0.742. The van der Waals surface area contributed by atoms with Gasteiger partial charge in [-0.15, -0.1) is 9.24 Å². The van der Waals surface area contributed by atoms with Crippen molar-refractivity contribution in [2.45, 2.75) is 26.2 Å². The number of rotatable bonds is 4. The molecule has 1 unspecified atom stereocenters. The fraction of sp³-hybridized carbons (Fsp3) is 0.714. The minimum atomic E-state index is -1.31. The largest absolute Gasteiger partial charge is 0.481 e. The topological polar surface area (TPSA) is 74.6 Å². The molecule has 72 valence electrons. The zero-order chi connectivity index (χ0) is 9.98. The third-order valence-corrected chi connectivity index (χ3v) is 1.27. The van der Waals surface area contributed by atoms with Crippen LogP contribution in [-0.4, -0.2) is 28.3 Å². The first-order valence-corrected chi connectivity index (χ1v) is 4.49. The van der Waals surface area contributed by atoms with E-state index in [0.29, 0.717) is 0 Å². The normalized spacial score (nSPS) is 8.17. The Morgan fingerprint density at radius 2 is 1.67 bits per heavy atom. The Bertz CT molecular complexity index is 121. The highest BCUT2D eigenvalue weighted by molar-refractivity contribution is 7.16.